The summed E-state index contributed by atoms with van der Waals surface area (Å²) in [5.74, 6) is 1.60. The second-order valence-corrected chi connectivity index (χ2v) is 8.25. The van der Waals surface area contributed by atoms with Gasteiger partial charge in [-0.05, 0) is 60.5 Å². The van der Waals surface area contributed by atoms with Crippen LogP contribution in [0.4, 0.5) is 0 Å². The normalized spacial score (nSPS) is 34.2. The molecule has 0 unspecified atom stereocenters. The zero-order valence-corrected chi connectivity index (χ0v) is 14.2. The van der Waals surface area contributed by atoms with Gasteiger partial charge in [0.15, 0.2) is 11.5 Å². The molecule has 0 bridgehead atoms. The third kappa shape index (κ3) is 2.47. The van der Waals surface area contributed by atoms with E-state index in [1.54, 1.807) is 18.4 Å². The lowest BCUT2D eigenvalue weighted by atomic mass is 9.47. The van der Waals surface area contributed by atoms with E-state index in [0.717, 1.165) is 6.42 Å². The Kier molecular flexibility index (Phi) is 3.82. The second kappa shape index (κ2) is 5.40. The van der Waals surface area contributed by atoms with E-state index in [1.165, 1.54) is 31.3 Å². The second-order valence-electron chi connectivity index (χ2n) is 8.25. The Bertz CT molecular complexity index is 567. The van der Waals surface area contributed by atoms with Gasteiger partial charge in [0, 0.05) is 6.42 Å². The van der Waals surface area contributed by atoms with Gasteiger partial charge in [0.25, 0.3) is 0 Å². The Balaban J connectivity index is 1.87. The lowest BCUT2D eigenvalue weighted by Gasteiger charge is -2.57. The highest BCUT2D eigenvalue weighted by Crippen LogP contribution is 2.61. The summed E-state index contributed by atoms with van der Waals surface area (Å²) >= 11 is 0. The van der Waals surface area contributed by atoms with Gasteiger partial charge >= 0.3 is 0 Å². The van der Waals surface area contributed by atoms with E-state index in [9.17, 15) is 4.79 Å². The predicted octanol–water partition coefficient (Wildman–Crippen LogP) is 5.65. The molecule has 3 atom stereocenters. The zero-order valence-electron chi connectivity index (χ0n) is 14.2. The Morgan fingerprint density at radius 3 is 2.82 bits per heavy atom. The first-order valence-electron chi connectivity index (χ1n) is 8.59. The number of Topliss-reactive ketones (excluding diaryl/α,β-unsaturated/α-hetero) is 1. The molecule has 0 amide bonds. The molecule has 1 aromatic heterocycles. The van der Waals surface area contributed by atoms with Crippen LogP contribution in [0.15, 0.2) is 35.0 Å². The van der Waals surface area contributed by atoms with Gasteiger partial charge in [-0.1, -0.05) is 39.3 Å². The molecule has 2 nitrogen and oxygen atoms in total. The minimum Gasteiger partial charge on any atom is -0.461 e. The quantitative estimate of drug-likeness (QED) is 0.533. The van der Waals surface area contributed by atoms with Crippen LogP contribution in [0.1, 0.15) is 69.9 Å². The SMILES string of the molecule is C=C1CC[C@H]2C(C)(C)CCC[C@]2(C)[C@H]1CC(=O)c1ccco1. The van der Waals surface area contributed by atoms with Crippen molar-refractivity contribution in [3.05, 3.63) is 36.3 Å². The fourth-order valence-electron chi connectivity index (χ4n) is 5.37. The number of ketones is 1. The minimum absolute atomic E-state index is 0.126. The zero-order chi connectivity index (χ0) is 16.0. The van der Waals surface area contributed by atoms with Crippen LogP contribution in [0.25, 0.3) is 0 Å². The summed E-state index contributed by atoms with van der Waals surface area (Å²) in [4.78, 5) is 12.6. The van der Waals surface area contributed by atoms with Crippen LogP contribution in [-0.2, 0) is 0 Å². The van der Waals surface area contributed by atoms with Gasteiger partial charge in [0.2, 0.25) is 0 Å². The van der Waals surface area contributed by atoms with Crippen molar-refractivity contribution >= 4 is 5.78 Å². The molecule has 1 aromatic rings. The molecule has 2 aliphatic rings. The van der Waals surface area contributed by atoms with Crippen molar-refractivity contribution in [1.29, 1.82) is 0 Å². The maximum absolute atomic E-state index is 12.6. The Morgan fingerprint density at radius 1 is 1.36 bits per heavy atom. The van der Waals surface area contributed by atoms with E-state index in [1.807, 2.05) is 0 Å². The third-order valence-electron chi connectivity index (χ3n) is 6.50. The van der Waals surface area contributed by atoms with Crippen LogP contribution in [0, 0.1) is 22.7 Å². The van der Waals surface area contributed by atoms with Crippen molar-refractivity contribution < 1.29 is 9.21 Å². The number of carbonyl (C=O) groups is 1. The van der Waals surface area contributed by atoms with E-state index < -0.39 is 0 Å². The van der Waals surface area contributed by atoms with Gasteiger partial charge in [-0.15, -0.1) is 0 Å². The van der Waals surface area contributed by atoms with Gasteiger partial charge in [-0.2, -0.15) is 0 Å². The van der Waals surface area contributed by atoms with Crippen molar-refractivity contribution in [3.8, 4) is 0 Å². The molecule has 0 N–H and O–H groups in total. The topological polar surface area (TPSA) is 30.2 Å². The van der Waals surface area contributed by atoms with Crippen molar-refractivity contribution in [3.63, 3.8) is 0 Å². The Morgan fingerprint density at radius 2 is 2.14 bits per heavy atom. The van der Waals surface area contributed by atoms with E-state index in [0.29, 0.717) is 29.4 Å². The summed E-state index contributed by atoms with van der Waals surface area (Å²) in [6.45, 7) is 11.6. The van der Waals surface area contributed by atoms with Crippen LogP contribution >= 0.6 is 0 Å². The van der Waals surface area contributed by atoms with E-state index in [2.05, 4.69) is 27.4 Å². The molecule has 0 radical (unpaired) electrons. The van der Waals surface area contributed by atoms with Gasteiger partial charge in [-0.3, -0.25) is 4.79 Å². The van der Waals surface area contributed by atoms with Crippen molar-refractivity contribution in [2.24, 2.45) is 22.7 Å². The van der Waals surface area contributed by atoms with Crippen LogP contribution < -0.4 is 0 Å². The first-order valence-corrected chi connectivity index (χ1v) is 8.59. The molecular formula is C20H28O2. The van der Waals surface area contributed by atoms with E-state index in [4.69, 9.17) is 4.42 Å². The summed E-state index contributed by atoms with van der Waals surface area (Å²) in [7, 11) is 0. The minimum atomic E-state index is 0.126. The van der Waals surface area contributed by atoms with Crippen LogP contribution in [-0.4, -0.2) is 5.78 Å². The van der Waals surface area contributed by atoms with Crippen LogP contribution in [0.2, 0.25) is 0 Å². The Hall–Kier alpha value is -1.31. The maximum Gasteiger partial charge on any atom is 0.198 e. The molecule has 1 heterocycles. The van der Waals surface area contributed by atoms with E-state index >= 15 is 0 Å². The first-order chi connectivity index (χ1) is 10.3. The highest BCUT2D eigenvalue weighted by molar-refractivity contribution is 5.93. The number of carbonyl (C=O) groups excluding carboxylic acids is 1. The lowest BCUT2D eigenvalue weighted by molar-refractivity contribution is -0.0521. The lowest BCUT2D eigenvalue weighted by Crippen LogP contribution is -2.49. The molecule has 2 fully saturated rings. The molecule has 0 spiro atoms. The summed E-state index contributed by atoms with van der Waals surface area (Å²) in [6, 6.07) is 3.57. The average molecular weight is 300 g/mol. The summed E-state index contributed by atoms with van der Waals surface area (Å²) in [5.41, 5.74) is 1.86. The number of furan rings is 1. The largest absolute Gasteiger partial charge is 0.461 e. The smallest absolute Gasteiger partial charge is 0.198 e. The number of allylic oxidation sites excluding steroid dienone is 1. The maximum atomic E-state index is 12.6. The molecule has 120 valence electrons. The highest BCUT2D eigenvalue weighted by atomic mass is 16.3. The number of fused-ring (bicyclic) bond motifs is 1. The average Bonchev–Trinajstić information content (AvgIpc) is 2.96. The molecule has 3 rings (SSSR count). The van der Waals surface area contributed by atoms with Gasteiger partial charge < -0.3 is 4.42 Å². The number of rotatable bonds is 3. The van der Waals surface area contributed by atoms with E-state index in [-0.39, 0.29) is 11.2 Å². The Labute approximate surface area is 134 Å². The van der Waals surface area contributed by atoms with Crippen molar-refractivity contribution in [1.82, 2.24) is 0 Å². The molecule has 0 saturated heterocycles. The summed E-state index contributed by atoms with van der Waals surface area (Å²) in [5, 5.41) is 0. The molecule has 0 aromatic carbocycles. The van der Waals surface area contributed by atoms with Crippen molar-refractivity contribution in [2.45, 2.75) is 59.3 Å². The van der Waals surface area contributed by atoms with Gasteiger partial charge in [0.1, 0.15) is 0 Å². The molecule has 22 heavy (non-hydrogen) atoms. The van der Waals surface area contributed by atoms with Crippen molar-refractivity contribution in [2.75, 3.05) is 0 Å². The molecule has 2 heteroatoms. The molecular weight excluding hydrogens is 272 g/mol. The fourth-order valence-corrected chi connectivity index (χ4v) is 5.37. The van der Waals surface area contributed by atoms with Crippen LogP contribution in [0.3, 0.4) is 0 Å². The number of hydrogen-bond donors (Lipinski definition) is 0. The molecule has 2 aliphatic carbocycles. The van der Waals surface area contributed by atoms with Gasteiger partial charge in [-0.25, -0.2) is 0 Å². The summed E-state index contributed by atoms with van der Waals surface area (Å²) < 4.78 is 5.30. The predicted molar refractivity (Wildman–Crippen MR) is 88.7 cm³/mol. The fraction of sp³-hybridized carbons (Fsp3) is 0.650. The van der Waals surface area contributed by atoms with Crippen LogP contribution in [0.5, 0.6) is 0 Å². The van der Waals surface area contributed by atoms with Gasteiger partial charge in [0.05, 0.1) is 6.26 Å². The molecule has 0 aliphatic heterocycles. The number of hydrogen-bond acceptors (Lipinski definition) is 2. The first kappa shape index (κ1) is 15.6. The summed E-state index contributed by atoms with van der Waals surface area (Å²) in [6.07, 6.45) is 8.22. The highest BCUT2D eigenvalue weighted by Gasteiger charge is 2.53. The molecule has 2 saturated carbocycles. The standard InChI is InChI=1S/C20H28O2/c1-14-8-9-18-19(2,3)10-6-11-20(18,4)15(14)13-16(21)17-7-5-12-22-17/h5,7,12,15,18H,1,6,8-11,13H2,2-4H3/t15-,18-,20+/m0/s1. The monoisotopic (exact) mass is 300 g/mol. The third-order valence-corrected chi connectivity index (χ3v) is 6.50.